The van der Waals surface area contributed by atoms with Crippen molar-refractivity contribution in [2.75, 3.05) is 6.54 Å². The SMILES string of the molecule is O=C(NCCc1ccc[nH]1)c1csc2ccccc12. The van der Waals surface area contributed by atoms with Crippen LogP contribution in [0.4, 0.5) is 0 Å². The number of thiophene rings is 1. The molecule has 3 rings (SSSR count). The molecule has 0 saturated carbocycles. The molecule has 96 valence electrons. The fraction of sp³-hybridized carbons (Fsp3) is 0.133. The number of carbonyl (C=O) groups excluding carboxylic acids is 1. The number of hydrogen-bond donors (Lipinski definition) is 2. The van der Waals surface area contributed by atoms with Gasteiger partial charge in [0.15, 0.2) is 0 Å². The molecule has 4 heteroatoms. The molecule has 0 radical (unpaired) electrons. The van der Waals surface area contributed by atoms with Gasteiger partial charge < -0.3 is 10.3 Å². The highest BCUT2D eigenvalue weighted by Gasteiger charge is 2.10. The second kappa shape index (κ2) is 5.28. The van der Waals surface area contributed by atoms with Crippen LogP contribution in [0, 0.1) is 0 Å². The molecule has 0 aliphatic heterocycles. The van der Waals surface area contributed by atoms with E-state index in [1.807, 2.05) is 48.0 Å². The summed E-state index contributed by atoms with van der Waals surface area (Å²) >= 11 is 1.61. The second-order valence-electron chi connectivity index (χ2n) is 4.35. The van der Waals surface area contributed by atoms with E-state index in [2.05, 4.69) is 10.3 Å². The number of benzene rings is 1. The first-order valence-corrected chi connectivity index (χ1v) is 7.09. The molecule has 2 N–H and O–H groups in total. The van der Waals surface area contributed by atoms with Gasteiger partial charge in [0.2, 0.25) is 0 Å². The summed E-state index contributed by atoms with van der Waals surface area (Å²) < 4.78 is 1.15. The molecule has 1 aromatic carbocycles. The second-order valence-corrected chi connectivity index (χ2v) is 5.26. The Labute approximate surface area is 115 Å². The molecule has 2 aromatic heterocycles. The van der Waals surface area contributed by atoms with Crippen LogP contribution in [0.25, 0.3) is 10.1 Å². The number of nitrogens with one attached hydrogen (secondary N) is 2. The van der Waals surface area contributed by atoms with Crippen LogP contribution in [0.15, 0.2) is 48.0 Å². The summed E-state index contributed by atoms with van der Waals surface area (Å²) in [7, 11) is 0. The lowest BCUT2D eigenvalue weighted by Crippen LogP contribution is -2.25. The average Bonchev–Trinajstić information content (AvgIpc) is 3.07. The van der Waals surface area contributed by atoms with Gasteiger partial charge in [0.05, 0.1) is 5.56 Å². The Morgan fingerprint density at radius 1 is 1.21 bits per heavy atom. The van der Waals surface area contributed by atoms with Gasteiger partial charge in [-0.05, 0) is 18.2 Å². The predicted octanol–water partition coefficient (Wildman–Crippen LogP) is 3.20. The van der Waals surface area contributed by atoms with E-state index in [-0.39, 0.29) is 5.91 Å². The molecule has 3 nitrogen and oxygen atoms in total. The Morgan fingerprint density at radius 3 is 2.95 bits per heavy atom. The minimum absolute atomic E-state index is 0.00371. The maximum absolute atomic E-state index is 12.1. The molecule has 0 aliphatic rings. The van der Waals surface area contributed by atoms with Gasteiger partial charge in [0.1, 0.15) is 0 Å². The highest BCUT2D eigenvalue weighted by atomic mass is 32.1. The molecule has 2 heterocycles. The maximum Gasteiger partial charge on any atom is 0.252 e. The van der Waals surface area contributed by atoms with E-state index in [1.54, 1.807) is 11.3 Å². The van der Waals surface area contributed by atoms with Crippen LogP contribution in [0.5, 0.6) is 0 Å². The number of amides is 1. The quantitative estimate of drug-likeness (QED) is 0.751. The Bertz CT molecular complexity index is 685. The molecule has 0 saturated heterocycles. The Kier molecular flexibility index (Phi) is 3.33. The van der Waals surface area contributed by atoms with Crippen LogP contribution in [0.3, 0.4) is 0 Å². The number of rotatable bonds is 4. The van der Waals surface area contributed by atoms with E-state index in [1.165, 1.54) is 0 Å². The fourth-order valence-corrected chi connectivity index (χ4v) is 3.02. The molecule has 0 unspecified atom stereocenters. The van der Waals surface area contributed by atoms with Gasteiger partial charge in [0, 0.05) is 40.3 Å². The molecule has 0 atom stereocenters. The Hall–Kier alpha value is -2.07. The average molecular weight is 270 g/mol. The first kappa shape index (κ1) is 12.0. The Morgan fingerprint density at radius 2 is 2.11 bits per heavy atom. The van der Waals surface area contributed by atoms with Crippen molar-refractivity contribution in [1.82, 2.24) is 10.3 Å². The summed E-state index contributed by atoms with van der Waals surface area (Å²) in [4.78, 5) is 15.3. The van der Waals surface area contributed by atoms with Gasteiger partial charge >= 0.3 is 0 Å². The van der Waals surface area contributed by atoms with Crippen molar-refractivity contribution in [3.63, 3.8) is 0 Å². The van der Waals surface area contributed by atoms with Gasteiger partial charge in [0.25, 0.3) is 5.91 Å². The molecule has 19 heavy (non-hydrogen) atoms. The lowest BCUT2D eigenvalue weighted by molar-refractivity contribution is 0.0956. The largest absolute Gasteiger partial charge is 0.365 e. The number of aromatic amines is 1. The fourth-order valence-electron chi connectivity index (χ4n) is 2.08. The van der Waals surface area contributed by atoms with Gasteiger partial charge in [-0.1, -0.05) is 18.2 Å². The van der Waals surface area contributed by atoms with E-state index in [0.29, 0.717) is 6.54 Å². The van der Waals surface area contributed by atoms with Gasteiger partial charge in [-0.25, -0.2) is 0 Å². The summed E-state index contributed by atoms with van der Waals surface area (Å²) in [5.41, 5.74) is 1.91. The summed E-state index contributed by atoms with van der Waals surface area (Å²) in [5.74, 6) is 0.00371. The van der Waals surface area contributed by atoms with E-state index in [4.69, 9.17) is 0 Å². The third-order valence-electron chi connectivity index (χ3n) is 3.07. The number of carbonyl (C=O) groups is 1. The minimum Gasteiger partial charge on any atom is -0.365 e. The molecule has 0 spiro atoms. The molecular formula is C15H14N2OS. The summed E-state index contributed by atoms with van der Waals surface area (Å²) in [6, 6.07) is 12.0. The van der Waals surface area contributed by atoms with Gasteiger partial charge in [-0.2, -0.15) is 0 Å². The van der Waals surface area contributed by atoms with Gasteiger partial charge in [-0.15, -0.1) is 11.3 Å². The summed E-state index contributed by atoms with van der Waals surface area (Å²) in [5, 5.41) is 5.92. The maximum atomic E-state index is 12.1. The zero-order valence-electron chi connectivity index (χ0n) is 10.3. The monoisotopic (exact) mass is 270 g/mol. The van der Waals surface area contributed by atoms with Crippen LogP contribution in [0.1, 0.15) is 16.1 Å². The van der Waals surface area contributed by atoms with Gasteiger partial charge in [-0.3, -0.25) is 4.79 Å². The van der Waals surface area contributed by atoms with Crippen LogP contribution < -0.4 is 5.32 Å². The first-order chi connectivity index (χ1) is 9.34. The van der Waals surface area contributed by atoms with Crippen LogP contribution in [-0.2, 0) is 6.42 Å². The van der Waals surface area contributed by atoms with Crippen molar-refractivity contribution < 1.29 is 4.79 Å². The first-order valence-electron chi connectivity index (χ1n) is 6.21. The lowest BCUT2D eigenvalue weighted by Gasteiger charge is -2.03. The number of aromatic nitrogens is 1. The van der Waals surface area contributed by atoms with E-state index in [9.17, 15) is 4.79 Å². The lowest BCUT2D eigenvalue weighted by atomic mass is 10.1. The number of fused-ring (bicyclic) bond motifs is 1. The summed E-state index contributed by atoms with van der Waals surface area (Å²) in [6.07, 6.45) is 2.71. The van der Waals surface area contributed by atoms with Crippen molar-refractivity contribution in [2.24, 2.45) is 0 Å². The third kappa shape index (κ3) is 2.53. The standard InChI is InChI=1S/C15H14N2OS/c18-15(17-9-7-11-4-3-8-16-11)13-10-19-14-6-2-1-5-12(13)14/h1-6,8,10,16H,7,9H2,(H,17,18). The topological polar surface area (TPSA) is 44.9 Å². The smallest absolute Gasteiger partial charge is 0.252 e. The number of H-pyrrole nitrogens is 1. The van der Waals surface area contributed by atoms with Crippen molar-refractivity contribution in [3.05, 3.63) is 59.2 Å². The normalized spacial score (nSPS) is 10.7. The van der Waals surface area contributed by atoms with Crippen molar-refractivity contribution >= 4 is 27.3 Å². The van der Waals surface area contributed by atoms with Crippen LogP contribution in [-0.4, -0.2) is 17.4 Å². The molecule has 3 aromatic rings. The van der Waals surface area contributed by atoms with E-state index in [0.717, 1.165) is 27.8 Å². The highest BCUT2D eigenvalue weighted by Crippen LogP contribution is 2.25. The molecule has 1 amide bonds. The van der Waals surface area contributed by atoms with Crippen molar-refractivity contribution in [1.29, 1.82) is 0 Å². The molecular weight excluding hydrogens is 256 g/mol. The minimum atomic E-state index is 0.00371. The molecule has 0 bridgehead atoms. The zero-order valence-corrected chi connectivity index (χ0v) is 11.2. The van der Waals surface area contributed by atoms with E-state index < -0.39 is 0 Å². The van der Waals surface area contributed by atoms with Crippen LogP contribution >= 0.6 is 11.3 Å². The highest BCUT2D eigenvalue weighted by molar-refractivity contribution is 7.17. The molecule has 0 fully saturated rings. The summed E-state index contributed by atoms with van der Waals surface area (Å²) in [6.45, 7) is 0.642. The van der Waals surface area contributed by atoms with Crippen molar-refractivity contribution in [2.45, 2.75) is 6.42 Å². The Balaban J connectivity index is 1.67. The number of hydrogen-bond acceptors (Lipinski definition) is 2. The van der Waals surface area contributed by atoms with Crippen LogP contribution in [0.2, 0.25) is 0 Å². The predicted molar refractivity (Wildman–Crippen MR) is 78.7 cm³/mol. The van der Waals surface area contributed by atoms with Crippen molar-refractivity contribution in [3.8, 4) is 0 Å². The molecule has 0 aliphatic carbocycles. The third-order valence-corrected chi connectivity index (χ3v) is 4.03. The zero-order chi connectivity index (χ0) is 13.1. The van der Waals surface area contributed by atoms with E-state index >= 15 is 0 Å².